The predicted molar refractivity (Wildman–Crippen MR) is 93.1 cm³/mol. The summed E-state index contributed by atoms with van der Waals surface area (Å²) in [5.74, 6) is 0. The summed E-state index contributed by atoms with van der Waals surface area (Å²) in [4.78, 5) is 16.4. The fourth-order valence-corrected chi connectivity index (χ4v) is 2.87. The van der Waals surface area contributed by atoms with E-state index in [1.807, 2.05) is 66.0 Å². The molecule has 0 spiro atoms. The van der Waals surface area contributed by atoms with E-state index in [4.69, 9.17) is 0 Å². The number of benzene rings is 2. The molecule has 0 aliphatic carbocycles. The molecule has 0 fully saturated rings. The number of carbonyl (C=O) groups excluding carboxylic acids is 1. The van der Waals surface area contributed by atoms with Crippen LogP contribution in [-0.4, -0.2) is 11.0 Å². The Bertz CT molecular complexity index is 756. The SMILES string of the molecule is O=C(NCc1ccccc1)NCc1nc(-c2ccccc2)cs1. The Labute approximate surface area is 139 Å². The van der Waals surface area contributed by atoms with E-state index in [0.717, 1.165) is 21.8 Å². The topological polar surface area (TPSA) is 54.0 Å². The van der Waals surface area contributed by atoms with Crippen LogP contribution >= 0.6 is 11.3 Å². The first-order valence-electron chi connectivity index (χ1n) is 7.37. The second-order valence-electron chi connectivity index (χ2n) is 5.01. The van der Waals surface area contributed by atoms with Gasteiger partial charge in [0, 0.05) is 17.5 Å². The number of nitrogens with one attached hydrogen (secondary N) is 2. The minimum atomic E-state index is -0.190. The van der Waals surface area contributed by atoms with E-state index >= 15 is 0 Å². The molecule has 116 valence electrons. The van der Waals surface area contributed by atoms with Crippen LogP contribution in [0, 0.1) is 0 Å². The summed E-state index contributed by atoms with van der Waals surface area (Å²) in [6, 6.07) is 19.6. The zero-order chi connectivity index (χ0) is 15.9. The maximum absolute atomic E-state index is 11.8. The third kappa shape index (κ3) is 4.40. The fraction of sp³-hybridized carbons (Fsp3) is 0.111. The number of amides is 2. The molecule has 0 bridgehead atoms. The van der Waals surface area contributed by atoms with Crippen molar-refractivity contribution in [3.63, 3.8) is 0 Å². The van der Waals surface area contributed by atoms with Gasteiger partial charge in [-0.05, 0) is 5.56 Å². The van der Waals surface area contributed by atoms with Crippen molar-refractivity contribution in [2.75, 3.05) is 0 Å². The Balaban J connectivity index is 1.49. The molecular formula is C18H17N3OS. The number of carbonyl (C=O) groups is 1. The Kier molecular flexibility index (Phi) is 5.01. The van der Waals surface area contributed by atoms with Gasteiger partial charge in [0.25, 0.3) is 0 Å². The lowest BCUT2D eigenvalue weighted by Crippen LogP contribution is -2.34. The molecule has 0 unspecified atom stereocenters. The molecule has 0 saturated carbocycles. The van der Waals surface area contributed by atoms with E-state index in [-0.39, 0.29) is 6.03 Å². The molecule has 0 aliphatic heterocycles. The Hall–Kier alpha value is -2.66. The van der Waals surface area contributed by atoms with Crippen LogP contribution in [0.5, 0.6) is 0 Å². The number of hydrogen-bond acceptors (Lipinski definition) is 3. The van der Waals surface area contributed by atoms with Gasteiger partial charge in [-0.25, -0.2) is 9.78 Å². The van der Waals surface area contributed by atoms with E-state index in [2.05, 4.69) is 15.6 Å². The van der Waals surface area contributed by atoms with Crippen molar-refractivity contribution in [2.24, 2.45) is 0 Å². The summed E-state index contributed by atoms with van der Waals surface area (Å²) in [7, 11) is 0. The predicted octanol–water partition coefficient (Wildman–Crippen LogP) is 3.81. The lowest BCUT2D eigenvalue weighted by Gasteiger charge is -2.06. The number of thiazole rings is 1. The molecule has 4 nitrogen and oxygen atoms in total. The molecule has 5 heteroatoms. The van der Waals surface area contributed by atoms with Gasteiger partial charge in [-0.2, -0.15) is 0 Å². The van der Waals surface area contributed by atoms with Crippen molar-refractivity contribution >= 4 is 17.4 Å². The zero-order valence-electron chi connectivity index (χ0n) is 12.5. The second-order valence-corrected chi connectivity index (χ2v) is 5.96. The third-order valence-corrected chi connectivity index (χ3v) is 4.17. The number of aromatic nitrogens is 1. The molecule has 0 radical (unpaired) electrons. The Morgan fingerprint density at radius 2 is 1.57 bits per heavy atom. The smallest absolute Gasteiger partial charge is 0.315 e. The Morgan fingerprint density at radius 3 is 2.30 bits per heavy atom. The van der Waals surface area contributed by atoms with Crippen molar-refractivity contribution in [1.29, 1.82) is 0 Å². The summed E-state index contributed by atoms with van der Waals surface area (Å²) in [5.41, 5.74) is 3.10. The monoisotopic (exact) mass is 323 g/mol. The molecule has 0 aliphatic rings. The summed E-state index contributed by atoms with van der Waals surface area (Å²) < 4.78 is 0. The summed E-state index contributed by atoms with van der Waals surface area (Å²) in [5, 5.41) is 8.56. The lowest BCUT2D eigenvalue weighted by molar-refractivity contribution is 0.240. The third-order valence-electron chi connectivity index (χ3n) is 3.32. The van der Waals surface area contributed by atoms with Gasteiger partial charge in [-0.15, -0.1) is 11.3 Å². The van der Waals surface area contributed by atoms with Crippen LogP contribution in [0.25, 0.3) is 11.3 Å². The highest BCUT2D eigenvalue weighted by molar-refractivity contribution is 7.09. The second kappa shape index (κ2) is 7.56. The summed E-state index contributed by atoms with van der Waals surface area (Å²) >= 11 is 1.55. The van der Waals surface area contributed by atoms with Gasteiger partial charge in [0.15, 0.2) is 0 Å². The maximum Gasteiger partial charge on any atom is 0.315 e. The highest BCUT2D eigenvalue weighted by Crippen LogP contribution is 2.21. The molecule has 3 aromatic rings. The minimum absolute atomic E-state index is 0.190. The van der Waals surface area contributed by atoms with Crippen LogP contribution in [0.2, 0.25) is 0 Å². The van der Waals surface area contributed by atoms with Crippen molar-refractivity contribution in [3.05, 3.63) is 76.6 Å². The molecule has 1 heterocycles. The van der Waals surface area contributed by atoms with Gasteiger partial charge in [-0.3, -0.25) is 0 Å². The first-order valence-corrected chi connectivity index (χ1v) is 8.25. The quantitative estimate of drug-likeness (QED) is 0.750. The van der Waals surface area contributed by atoms with E-state index in [1.54, 1.807) is 11.3 Å². The van der Waals surface area contributed by atoms with Gasteiger partial charge in [0.2, 0.25) is 0 Å². The summed E-state index contributed by atoms with van der Waals surface area (Å²) in [6.07, 6.45) is 0. The fourth-order valence-electron chi connectivity index (χ4n) is 2.13. The standard InChI is InChI=1S/C18H17N3OS/c22-18(19-11-14-7-3-1-4-8-14)20-12-17-21-16(13-23-17)15-9-5-2-6-10-15/h1-10,13H,11-12H2,(H2,19,20,22). The van der Waals surface area contributed by atoms with Gasteiger partial charge in [0.05, 0.1) is 12.2 Å². The molecule has 0 atom stereocenters. The van der Waals surface area contributed by atoms with Gasteiger partial charge >= 0.3 is 6.03 Å². The van der Waals surface area contributed by atoms with E-state index in [9.17, 15) is 4.79 Å². The molecule has 3 rings (SSSR count). The molecule has 2 N–H and O–H groups in total. The van der Waals surface area contributed by atoms with E-state index < -0.39 is 0 Å². The van der Waals surface area contributed by atoms with Crippen molar-refractivity contribution < 1.29 is 4.79 Å². The molecule has 0 saturated heterocycles. The normalized spacial score (nSPS) is 10.3. The first-order chi connectivity index (χ1) is 11.3. The van der Waals surface area contributed by atoms with E-state index in [1.165, 1.54) is 0 Å². The average Bonchev–Trinajstić information content (AvgIpc) is 3.09. The number of urea groups is 1. The summed E-state index contributed by atoms with van der Waals surface area (Å²) in [6.45, 7) is 0.942. The molecule has 2 aromatic carbocycles. The maximum atomic E-state index is 11.8. The van der Waals surface area contributed by atoms with Crippen molar-refractivity contribution in [3.8, 4) is 11.3 Å². The first kappa shape index (κ1) is 15.2. The highest BCUT2D eigenvalue weighted by atomic mass is 32.1. The van der Waals surface area contributed by atoms with Gasteiger partial charge in [0.1, 0.15) is 5.01 Å². The molecule has 2 amide bonds. The van der Waals surface area contributed by atoms with Crippen LogP contribution in [0.3, 0.4) is 0 Å². The van der Waals surface area contributed by atoms with Gasteiger partial charge in [-0.1, -0.05) is 60.7 Å². The van der Waals surface area contributed by atoms with E-state index in [0.29, 0.717) is 13.1 Å². The minimum Gasteiger partial charge on any atom is -0.334 e. The zero-order valence-corrected chi connectivity index (χ0v) is 13.3. The van der Waals surface area contributed by atoms with Crippen LogP contribution < -0.4 is 10.6 Å². The van der Waals surface area contributed by atoms with Crippen LogP contribution in [0.4, 0.5) is 4.79 Å². The van der Waals surface area contributed by atoms with Gasteiger partial charge < -0.3 is 10.6 Å². The van der Waals surface area contributed by atoms with Crippen LogP contribution in [0.15, 0.2) is 66.0 Å². The lowest BCUT2D eigenvalue weighted by atomic mass is 10.2. The highest BCUT2D eigenvalue weighted by Gasteiger charge is 2.06. The largest absolute Gasteiger partial charge is 0.334 e. The average molecular weight is 323 g/mol. The number of rotatable bonds is 5. The van der Waals surface area contributed by atoms with Crippen molar-refractivity contribution in [1.82, 2.24) is 15.6 Å². The molecule has 23 heavy (non-hydrogen) atoms. The number of nitrogens with zero attached hydrogens (tertiary/aromatic N) is 1. The Morgan fingerprint density at radius 1 is 0.913 bits per heavy atom. The molecule has 1 aromatic heterocycles. The van der Waals surface area contributed by atoms with Crippen LogP contribution in [-0.2, 0) is 13.1 Å². The molecular weight excluding hydrogens is 306 g/mol. The number of hydrogen-bond donors (Lipinski definition) is 2. The van der Waals surface area contributed by atoms with Crippen molar-refractivity contribution in [2.45, 2.75) is 13.1 Å². The van der Waals surface area contributed by atoms with Crippen LogP contribution in [0.1, 0.15) is 10.6 Å².